The highest BCUT2D eigenvalue weighted by molar-refractivity contribution is 7.90. The fourth-order valence-electron chi connectivity index (χ4n) is 3.42. The Morgan fingerprint density at radius 3 is 2.44 bits per heavy atom. The van der Waals surface area contributed by atoms with Gasteiger partial charge in [-0.2, -0.15) is 0 Å². The van der Waals surface area contributed by atoms with E-state index >= 15 is 0 Å². The van der Waals surface area contributed by atoms with E-state index in [4.69, 9.17) is 5.73 Å². The van der Waals surface area contributed by atoms with Crippen LogP contribution in [0.3, 0.4) is 0 Å². The van der Waals surface area contributed by atoms with Gasteiger partial charge in [-0.05, 0) is 42.8 Å². The number of anilines is 2. The number of fused-ring (bicyclic) bond motifs is 1. The molecular formula is C23H19F2N5O3S. The van der Waals surface area contributed by atoms with Crippen LogP contribution in [0.5, 0.6) is 0 Å². The highest BCUT2D eigenvalue weighted by Crippen LogP contribution is 2.30. The lowest BCUT2D eigenvalue weighted by molar-refractivity contribution is 0.0984. The van der Waals surface area contributed by atoms with E-state index in [0.29, 0.717) is 22.3 Å². The molecule has 1 amide bonds. The third-order valence-corrected chi connectivity index (χ3v) is 6.21. The summed E-state index contributed by atoms with van der Waals surface area (Å²) in [5, 5.41) is 0.499. The van der Waals surface area contributed by atoms with Gasteiger partial charge in [0.05, 0.1) is 28.2 Å². The molecule has 34 heavy (non-hydrogen) atoms. The number of nitrogens with zero attached hydrogens (tertiary/aromatic N) is 4. The number of benzene rings is 2. The molecule has 0 unspecified atom stereocenters. The molecule has 2 heterocycles. The number of carbonyl (C=O) groups excluding carboxylic acids is 1. The van der Waals surface area contributed by atoms with E-state index in [1.165, 1.54) is 29.4 Å². The first-order valence-electron chi connectivity index (χ1n) is 9.98. The molecule has 0 aliphatic rings. The lowest BCUT2D eigenvalue weighted by Gasteiger charge is -2.25. The molecule has 0 radical (unpaired) electrons. The van der Waals surface area contributed by atoms with E-state index in [9.17, 15) is 22.0 Å². The number of aryl methyl sites for hydroxylation is 1. The van der Waals surface area contributed by atoms with Crippen molar-refractivity contribution in [2.75, 3.05) is 16.9 Å². The summed E-state index contributed by atoms with van der Waals surface area (Å²) in [6.45, 7) is 1.56. The Kier molecular flexibility index (Phi) is 5.96. The number of aromatic nitrogens is 3. The summed E-state index contributed by atoms with van der Waals surface area (Å²) < 4.78 is 52.5. The molecule has 174 valence electrons. The third kappa shape index (κ3) is 4.69. The van der Waals surface area contributed by atoms with Crippen molar-refractivity contribution in [3.8, 4) is 0 Å². The zero-order valence-corrected chi connectivity index (χ0v) is 19.0. The quantitative estimate of drug-likeness (QED) is 0.462. The van der Waals surface area contributed by atoms with Gasteiger partial charge >= 0.3 is 0 Å². The predicted molar refractivity (Wildman–Crippen MR) is 123 cm³/mol. The van der Waals surface area contributed by atoms with Gasteiger partial charge < -0.3 is 10.6 Å². The maximum atomic E-state index is 13.9. The van der Waals surface area contributed by atoms with Crippen molar-refractivity contribution >= 4 is 38.2 Å². The number of hydrogen-bond donors (Lipinski definition) is 1. The van der Waals surface area contributed by atoms with Crippen LogP contribution in [0.2, 0.25) is 0 Å². The van der Waals surface area contributed by atoms with E-state index in [0.717, 1.165) is 18.4 Å². The summed E-state index contributed by atoms with van der Waals surface area (Å²) in [5.74, 6) is -1.83. The van der Waals surface area contributed by atoms with Gasteiger partial charge in [-0.1, -0.05) is 12.1 Å². The van der Waals surface area contributed by atoms with Crippen molar-refractivity contribution in [3.63, 3.8) is 0 Å². The Morgan fingerprint density at radius 1 is 1.06 bits per heavy atom. The first-order chi connectivity index (χ1) is 16.0. The Hall–Kier alpha value is -3.99. The van der Waals surface area contributed by atoms with Crippen molar-refractivity contribution in [2.24, 2.45) is 0 Å². The minimum Gasteiger partial charge on any atom is -0.381 e. The second kappa shape index (κ2) is 8.75. The number of nitrogens with two attached hydrogens (primary N) is 1. The summed E-state index contributed by atoms with van der Waals surface area (Å²) in [7, 11) is -3.90. The monoisotopic (exact) mass is 483 g/mol. The number of rotatable bonds is 5. The zero-order valence-electron chi connectivity index (χ0n) is 18.2. The lowest BCUT2D eigenvalue weighted by Crippen LogP contribution is -2.32. The molecule has 2 aromatic heterocycles. The van der Waals surface area contributed by atoms with E-state index < -0.39 is 27.4 Å². The Morgan fingerprint density at radius 2 is 1.76 bits per heavy atom. The zero-order chi connectivity index (χ0) is 24.6. The largest absolute Gasteiger partial charge is 0.381 e. The molecule has 0 atom stereocenters. The van der Waals surface area contributed by atoms with Gasteiger partial charge in [0.1, 0.15) is 11.6 Å². The van der Waals surface area contributed by atoms with Crippen molar-refractivity contribution in [3.05, 3.63) is 83.4 Å². The van der Waals surface area contributed by atoms with Crippen LogP contribution in [0.25, 0.3) is 10.9 Å². The molecule has 0 saturated heterocycles. The molecule has 0 saturated carbocycles. The summed E-state index contributed by atoms with van der Waals surface area (Å²) in [4.78, 5) is 26.4. The molecule has 2 aromatic carbocycles. The molecule has 0 aliphatic carbocycles. The van der Waals surface area contributed by atoms with Crippen molar-refractivity contribution in [1.29, 1.82) is 0 Å². The van der Waals surface area contributed by atoms with Gasteiger partial charge in [0, 0.05) is 24.0 Å². The minimum atomic E-state index is -3.90. The number of nitrogen functional groups attached to an aromatic ring is 1. The van der Waals surface area contributed by atoms with Gasteiger partial charge in [0.2, 0.25) is 0 Å². The average molecular weight is 484 g/mol. The van der Waals surface area contributed by atoms with Crippen molar-refractivity contribution in [1.82, 2.24) is 15.0 Å². The maximum absolute atomic E-state index is 13.9. The molecule has 8 nitrogen and oxygen atoms in total. The number of hydrogen-bond acceptors (Lipinski definition) is 7. The molecule has 11 heteroatoms. The average Bonchev–Trinajstić information content (AvgIpc) is 2.78. The fraction of sp³-hybridized carbons (Fsp3) is 0.130. The molecule has 0 fully saturated rings. The molecule has 4 aromatic rings. The number of pyridine rings is 1. The second-order valence-electron chi connectivity index (χ2n) is 7.68. The van der Waals surface area contributed by atoms with Crippen LogP contribution < -0.4 is 10.6 Å². The van der Waals surface area contributed by atoms with Crippen LogP contribution in [0.15, 0.2) is 59.8 Å². The Labute approximate surface area is 194 Å². The molecule has 0 bridgehead atoms. The standard InChI is InChI=1S/C23H19F2N5O3S/c1-13-27-10-16(11-28-13)23(31)30(20-6-5-17(24)9-21(20)34(2,32)33)12-14-3-4-15-8-18(25)22(26)29-19(15)7-14/h3-11H,12H2,1-2H3,(H2,26,29). The molecule has 4 rings (SSSR count). The number of sulfone groups is 1. The van der Waals surface area contributed by atoms with Crippen LogP contribution in [-0.2, 0) is 16.4 Å². The van der Waals surface area contributed by atoms with Crippen LogP contribution in [0.4, 0.5) is 20.3 Å². The molecule has 0 aliphatic heterocycles. The van der Waals surface area contributed by atoms with Gasteiger partial charge in [-0.15, -0.1) is 0 Å². The summed E-state index contributed by atoms with van der Waals surface area (Å²) >= 11 is 0. The maximum Gasteiger partial charge on any atom is 0.261 e. The number of halogens is 2. The first-order valence-corrected chi connectivity index (χ1v) is 11.9. The van der Waals surface area contributed by atoms with Crippen LogP contribution >= 0.6 is 0 Å². The van der Waals surface area contributed by atoms with E-state index in [1.54, 1.807) is 25.1 Å². The highest BCUT2D eigenvalue weighted by atomic mass is 32.2. The van der Waals surface area contributed by atoms with Gasteiger partial charge in [-0.3, -0.25) is 4.79 Å². The second-order valence-corrected chi connectivity index (χ2v) is 9.66. The summed E-state index contributed by atoms with van der Waals surface area (Å²) in [6.07, 6.45) is 3.58. The summed E-state index contributed by atoms with van der Waals surface area (Å²) in [6, 6.07) is 9.28. The predicted octanol–water partition coefficient (Wildman–Crippen LogP) is 3.44. The molecule has 2 N–H and O–H groups in total. The van der Waals surface area contributed by atoms with E-state index in [2.05, 4.69) is 15.0 Å². The smallest absolute Gasteiger partial charge is 0.261 e. The molecule has 0 spiro atoms. The van der Waals surface area contributed by atoms with Crippen LogP contribution in [-0.4, -0.2) is 35.5 Å². The van der Waals surface area contributed by atoms with Crippen molar-refractivity contribution < 1.29 is 22.0 Å². The molecular weight excluding hydrogens is 464 g/mol. The van der Waals surface area contributed by atoms with Crippen LogP contribution in [0, 0.1) is 18.6 Å². The van der Waals surface area contributed by atoms with Crippen molar-refractivity contribution in [2.45, 2.75) is 18.4 Å². The lowest BCUT2D eigenvalue weighted by atomic mass is 10.1. The number of carbonyl (C=O) groups is 1. The van der Waals surface area contributed by atoms with Gasteiger partial charge in [0.15, 0.2) is 21.5 Å². The highest BCUT2D eigenvalue weighted by Gasteiger charge is 2.26. The topological polar surface area (TPSA) is 119 Å². The fourth-order valence-corrected chi connectivity index (χ4v) is 4.30. The van der Waals surface area contributed by atoms with Gasteiger partial charge in [0.25, 0.3) is 5.91 Å². The first kappa shape index (κ1) is 23.2. The number of amides is 1. The summed E-state index contributed by atoms with van der Waals surface area (Å²) in [5.41, 5.74) is 6.62. The Bertz CT molecular complexity index is 1530. The Balaban J connectivity index is 1.85. The normalized spacial score (nSPS) is 11.5. The van der Waals surface area contributed by atoms with Crippen LogP contribution in [0.1, 0.15) is 21.7 Å². The van der Waals surface area contributed by atoms with Gasteiger partial charge in [-0.25, -0.2) is 32.2 Å². The van der Waals surface area contributed by atoms with E-state index in [-0.39, 0.29) is 28.5 Å². The SMILES string of the molecule is Cc1ncc(C(=O)N(Cc2ccc3cc(F)c(N)nc3c2)c2ccc(F)cc2S(C)(=O)=O)cn1. The third-order valence-electron chi connectivity index (χ3n) is 5.09. The van der Waals surface area contributed by atoms with E-state index in [1.807, 2.05) is 0 Å². The minimum absolute atomic E-state index is 0.0128.